The van der Waals surface area contributed by atoms with Gasteiger partial charge in [0.1, 0.15) is 5.82 Å². The van der Waals surface area contributed by atoms with Crippen molar-refractivity contribution in [1.29, 1.82) is 0 Å². The molecule has 98 valence electrons. The molecule has 2 nitrogen and oxygen atoms in total. The molecule has 3 aromatic carbocycles. The number of halogens is 1. The van der Waals surface area contributed by atoms with Gasteiger partial charge in [-0.1, -0.05) is 42.5 Å². The number of rotatable bonds is 2. The molecule has 0 heterocycles. The van der Waals surface area contributed by atoms with E-state index in [0.29, 0.717) is 11.3 Å². The monoisotopic (exact) mass is 265 g/mol. The fourth-order valence-corrected chi connectivity index (χ4v) is 2.28. The minimum Gasteiger partial charge on any atom is -0.399 e. The predicted octanol–water partition coefficient (Wildman–Crippen LogP) is 3.79. The molecule has 2 N–H and O–H groups in total. The third kappa shape index (κ3) is 2.03. The van der Waals surface area contributed by atoms with Crippen molar-refractivity contribution in [1.82, 2.24) is 0 Å². The van der Waals surface area contributed by atoms with Gasteiger partial charge in [0.2, 0.25) is 0 Å². The van der Waals surface area contributed by atoms with Crippen LogP contribution in [0.1, 0.15) is 15.9 Å². The van der Waals surface area contributed by atoms with E-state index in [1.165, 1.54) is 18.2 Å². The number of nitrogen functional groups attached to an aromatic ring is 1. The molecule has 0 aliphatic rings. The second kappa shape index (κ2) is 4.78. The molecule has 3 heteroatoms. The molecule has 0 unspecified atom stereocenters. The molecule has 0 atom stereocenters. The van der Waals surface area contributed by atoms with Gasteiger partial charge in [0.25, 0.3) is 0 Å². The van der Waals surface area contributed by atoms with Crippen LogP contribution in [0, 0.1) is 5.82 Å². The Morgan fingerprint density at radius 2 is 1.65 bits per heavy atom. The molecule has 0 aliphatic heterocycles. The van der Waals surface area contributed by atoms with Gasteiger partial charge in [0, 0.05) is 11.3 Å². The maximum atomic E-state index is 13.9. The number of hydrogen-bond donors (Lipinski definition) is 1. The lowest BCUT2D eigenvalue weighted by molar-refractivity contribution is 0.103. The molecular weight excluding hydrogens is 253 g/mol. The van der Waals surface area contributed by atoms with E-state index in [1.54, 1.807) is 12.1 Å². The van der Waals surface area contributed by atoms with Crippen molar-refractivity contribution in [2.75, 3.05) is 5.73 Å². The fourth-order valence-electron chi connectivity index (χ4n) is 2.28. The van der Waals surface area contributed by atoms with Crippen molar-refractivity contribution < 1.29 is 9.18 Å². The van der Waals surface area contributed by atoms with Crippen LogP contribution < -0.4 is 5.73 Å². The van der Waals surface area contributed by atoms with Crippen molar-refractivity contribution in [2.45, 2.75) is 0 Å². The normalized spacial score (nSPS) is 10.7. The van der Waals surface area contributed by atoms with E-state index in [9.17, 15) is 9.18 Å². The van der Waals surface area contributed by atoms with Crippen LogP contribution in [0.3, 0.4) is 0 Å². The Kier molecular flexibility index (Phi) is 2.95. The van der Waals surface area contributed by atoms with Crippen LogP contribution in [0.25, 0.3) is 10.8 Å². The molecule has 3 rings (SSSR count). The van der Waals surface area contributed by atoms with Gasteiger partial charge in [-0.25, -0.2) is 4.39 Å². The van der Waals surface area contributed by atoms with Gasteiger partial charge in [0.15, 0.2) is 5.78 Å². The van der Waals surface area contributed by atoms with Crippen molar-refractivity contribution in [3.05, 3.63) is 77.6 Å². The molecule has 3 aromatic rings. The SMILES string of the molecule is Nc1ccc(C(=O)c2cccc3ccccc23)c(F)c1. The Morgan fingerprint density at radius 3 is 2.45 bits per heavy atom. The average Bonchev–Trinajstić information content (AvgIpc) is 2.46. The number of anilines is 1. The summed E-state index contributed by atoms with van der Waals surface area (Å²) in [5.41, 5.74) is 6.34. The smallest absolute Gasteiger partial charge is 0.196 e. The number of hydrogen-bond acceptors (Lipinski definition) is 2. The van der Waals surface area contributed by atoms with Crippen LogP contribution in [0.15, 0.2) is 60.7 Å². The number of benzene rings is 3. The summed E-state index contributed by atoms with van der Waals surface area (Å²) in [5, 5.41) is 1.77. The number of nitrogens with two attached hydrogens (primary N) is 1. The lowest BCUT2D eigenvalue weighted by Gasteiger charge is -2.07. The molecule has 20 heavy (non-hydrogen) atoms. The second-order valence-corrected chi connectivity index (χ2v) is 4.60. The van der Waals surface area contributed by atoms with E-state index in [4.69, 9.17) is 5.73 Å². The maximum absolute atomic E-state index is 13.9. The van der Waals surface area contributed by atoms with Crippen LogP contribution in [0.5, 0.6) is 0 Å². The van der Waals surface area contributed by atoms with E-state index in [1.807, 2.05) is 30.3 Å². The summed E-state index contributed by atoms with van der Waals surface area (Å²) in [4.78, 5) is 12.5. The number of fused-ring (bicyclic) bond motifs is 1. The van der Waals surface area contributed by atoms with Gasteiger partial charge in [-0.15, -0.1) is 0 Å². The Labute approximate surface area is 115 Å². The third-order valence-corrected chi connectivity index (χ3v) is 3.27. The first-order chi connectivity index (χ1) is 9.66. The van der Waals surface area contributed by atoms with Crippen molar-refractivity contribution in [3.8, 4) is 0 Å². The highest BCUT2D eigenvalue weighted by Crippen LogP contribution is 2.23. The van der Waals surface area contributed by atoms with Crippen molar-refractivity contribution >= 4 is 22.2 Å². The summed E-state index contributed by atoms with van der Waals surface area (Å²) in [6.07, 6.45) is 0. The van der Waals surface area contributed by atoms with Crippen LogP contribution in [-0.4, -0.2) is 5.78 Å². The predicted molar refractivity (Wildman–Crippen MR) is 78.2 cm³/mol. The average molecular weight is 265 g/mol. The topological polar surface area (TPSA) is 43.1 Å². The molecule has 0 aliphatic carbocycles. The summed E-state index contributed by atoms with van der Waals surface area (Å²) < 4.78 is 13.9. The quantitative estimate of drug-likeness (QED) is 0.566. The van der Waals surface area contributed by atoms with Crippen LogP contribution in [-0.2, 0) is 0 Å². The first kappa shape index (κ1) is 12.4. The van der Waals surface area contributed by atoms with Gasteiger partial charge in [-0.3, -0.25) is 4.79 Å². The van der Waals surface area contributed by atoms with Crippen LogP contribution in [0.2, 0.25) is 0 Å². The number of carbonyl (C=O) groups excluding carboxylic acids is 1. The van der Waals surface area contributed by atoms with Gasteiger partial charge < -0.3 is 5.73 Å². The summed E-state index contributed by atoms with van der Waals surface area (Å²) in [6, 6.07) is 17.1. The molecule has 0 saturated carbocycles. The molecule has 0 amide bonds. The molecule has 0 saturated heterocycles. The van der Waals surface area contributed by atoms with Gasteiger partial charge in [0.05, 0.1) is 5.56 Å². The summed E-state index contributed by atoms with van der Waals surface area (Å²) in [7, 11) is 0. The minimum absolute atomic E-state index is 0.0375. The van der Waals surface area contributed by atoms with Crippen molar-refractivity contribution in [3.63, 3.8) is 0 Å². The highest BCUT2D eigenvalue weighted by molar-refractivity contribution is 6.16. The standard InChI is InChI=1S/C17H12FNO/c18-16-10-12(19)8-9-15(16)17(20)14-7-3-5-11-4-1-2-6-13(11)14/h1-10H,19H2. The van der Waals surface area contributed by atoms with E-state index < -0.39 is 5.82 Å². The van der Waals surface area contributed by atoms with Crippen LogP contribution in [0.4, 0.5) is 10.1 Å². The second-order valence-electron chi connectivity index (χ2n) is 4.60. The number of carbonyl (C=O) groups is 1. The first-order valence-electron chi connectivity index (χ1n) is 6.24. The van der Waals surface area contributed by atoms with Crippen LogP contribution >= 0.6 is 0 Å². The zero-order valence-corrected chi connectivity index (χ0v) is 10.6. The van der Waals surface area contributed by atoms with E-state index in [0.717, 1.165) is 10.8 Å². The lowest BCUT2D eigenvalue weighted by atomic mass is 9.97. The largest absolute Gasteiger partial charge is 0.399 e. The third-order valence-electron chi connectivity index (χ3n) is 3.27. The Balaban J connectivity index is 2.18. The zero-order chi connectivity index (χ0) is 14.1. The molecule has 0 radical (unpaired) electrons. The summed E-state index contributed by atoms with van der Waals surface area (Å²) >= 11 is 0. The van der Waals surface area contributed by atoms with Gasteiger partial charge in [-0.05, 0) is 29.0 Å². The van der Waals surface area contributed by atoms with E-state index in [-0.39, 0.29) is 11.3 Å². The summed E-state index contributed by atoms with van der Waals surface area (Å²) in [6.45, 7) is 0. The molecular formula is C17H12FNO. The highest BCUT2D eigenvalue weighted by atomic mass is 19.1. The highest BCUT2D eigenvalue weighted by Gasteiger charge is 2.16. The Bertz CT molecular complexity index is 806. The minimum atomic E-state index is -0.595. The molecule has 0 aromatic heterocycles. The summed E-state index contributed by atoms with van der Waals surface area (Å²) in [5.74, 6) is -0.928. The fraction of sp³-hybridized carbons (Fsp3) is 0. The first-order valence-corrected chi connectivity index (χ1v) is 6.24. The Morgan fingerprint density at radius 1 is 0.900 bits per heavy atom. The van der Waals surface area contributed by atoms with Gasteiger partial charge in [-0.2, -0.15) is 0 Å². The molecule has 0 spiro atoms. The van der Waals surface area contributed by atoms with E-state index in [2.05, 4.69) is 0 Å². The molecule has 0 fully saturated rings. The lowest BCUT2D eigenvalue weighted by Crippen LogP contribution is -2.05. The zero-order valence-electron chi connectivity index (χ0n) is 10.6. The van der Waals surface area contributed by atoms with Gasteiger partial charge >= 0.3 is 0 Å². The molecule has 0 bridgehead atoms. The Hall–Kier alpha value is -2.68. The number of ketones is 1. The van der Waals surface area contributed by atoms with E-state index >= 15 is 0 Å². The maximum Gasteiger partial charge on any atom is 0.196 e. The van der Waals surface area contributed by atoms with Crippen molar-refractivity contribution in [2.24, 2.45) is 0 Å².